The zero-order valence-electron chi connectivity index (χ0n) is 38.9. The van der Waals surface area contributed by atoms with Gasteiger partial charge in [-0.25, -0.2) is 0 Å². The van der Waals surface area contributed by atoms with Crippen LogP contribution in [0.25, 0.3) is 42.4 Å². The van der Waals surface area contributed by atoms with E-state index >= 15 is 0 Å². The molecule has 2 saturated carbocycles. The van der Waals surface area contributed by atoms with Crippen LogP contribution < -0.4 is 9.80 Å². The molecule has 1 heterocycles. The predicted molar refractivity (Wildman–Crippen MR) is 283 cm³/mol. The molecule has 2 unspecified atom stereocenters. The van der Waals surface area contributed by atoms with Gasteiger partial charge in [-0.05, 0) is 186 Å². The number of hydrogen-bond donors (Lipinski definition) is 0. The molecule has 3 heteroatoms. The maximum Gasteiger partial charge on any atom is 0.0468 e. The highest BCUT2D eigenvalue weighted by Crippen LogP contribution is 2.53. The fourth-order valence-corrected chi connectivity index (χ4v) is 13.8. The Labute approximate surface area is 395 Å². The van der Waals surface area contributed by atoms with Gasteiger partial charge in [0.2, 0.25) is 0 Å². The highest BCUT2D eigenvalue weighted by atomic mass is 32.1. The third kappa shape index (κ3) is 7.06. The van der Waals surface area contributed by atoms with E-state index in [9.17, 15) is 0 Å². The second-order valence-corrected chi connectivity index (χ2v) is 21.9. The molecule has 2 bridgehead atoms. The Balaban J connectivity index is 0.880. The van der Waals surface area contributed by atoms with Gasteiger partial charge >= 0.3 is 0 Å². The number of fused-ring (bicyclic) bond motifs is 8. The molecule has 2 fully saturated rings. The summed E-state index contributed by atoms with van der Waals surface area (Å²) in [6.45, 7) is 11.9. The maximum absolute atomic E-state index is 2.54. The van der Waals surface area contributed by atoms with Crippen molar-refractivity contribution in [3.63, 3.8) is 0 Å². The van der Waals surface area contributed by atoms with Crippen LogP contribution in [0.4, 0.5) is 34.1 Å². The maximum atomic E-state index is 2.54. The van der Waals surface area contributed by atoms with Crippen LogP contribution in [0.2, 0.25) is 0 Å². The molecule has 0 saturated heterocycles. The highest BCUT2D eigenvalue weighted by molar-refractivity contribution is 7.25. The Hall–Kier alpha value is -6.42. The Morgan fingerprint density at radius 2 is 0.955 bits per heavy atom. The van der Waals surface area contributed by atoms with Gasteiger partial charge in [0.15, 0.2) is 0 Å². The van der Waals surface area contributed by atoms with Gasteiger partial charge in [0.05, 0.1) is 0 Å². The van der Waals surface area contributed by atoms with E-state index in [1.54, 1.807) is 0 Å². The molecule has 12 rings (SSSR count). The first-order chi connectivity index (χ1) is 32.1. The number of anilines is 6. The summed E-state index contributed by atoms with van der Waals surface area (Å²) in [6, 6.07) is 68.7. The third-order valence-electron chi connectivity index (χ3n) is 15.8. The number of hydrogen-bond acceptors (Lipinski definition) is 3. The van der Waals surface area contributed by atoms with E-state index < -0.39 is 0 Å². The van der Waals surface area contributed by atoms with E-state index in [4.69, 9.17) is 0 Å². The lowest BCUT2D eigenvalue weighted by Gasteiger charge is -2.47. The Morgan fingerprint density at radius 1 is 0.455 bits per heavy atom. The van der Waals surface area contributed by atoms with Crippen LogP contribution >= 0.6 is 11.3 Å². The largest absolute Gasteiger partial charge is 0.311 e. The Morgan fingerprint density at radius 3 is 1.62 bits per heavy atom. The first-order valence-electron chi connectivity index (χ1n) is 24.2. The molecule has 0 N–H and O–H groups in total. The van der Waals surface area contributed by atoms with Gasteiger partial charge in [-0.2, -0.15) is 0 Å². The van der Waals surface area contributed by atoms with Crippen molar-refractivity contribution in [2.24, 2.45) is 17.8 Å². The van der Waals surface area contributed by atoms with Gasteiger partial charge in [-0.3, -0.25) is 0 Å². The van der Waals surface area contributed by atoms with Crippen LogP contribution in [0.1, 0.15) is 82.1 Å². The number of benzene rings is 8. The standard InChI is InChI=1S/C63H58N2S/c1-41-14-22-48(23-15-41)64(51-28-20-47(21-29-51)63(5)39-43-34-42(2)35-44(36-43)40-63)49-24-16-45(17-25-49)46-18-26-50(27-19-46)65(53-31-33-61-57(38-53)55-11-7-9-13-60(55)66-61)52-30-32-59-56(37-52)54-10-6-8-12-58(54)62(59,3)4/h6-33,37-38,42-44H,34-36,39-40H2,1-5H3. The number of rotatable bonds is 8. The summed E-state index contributed by atoms with van der Waals surface area (Å²) in [4.78, 5) is 4.86. The number of thiophene rings is 1. The van der Waals surface area contributed by atoms with Crippen molar-refractivity contribution in [3.8, 4) is 22.3 Å². The average molecular weight is 875 g/mol. The second kappa shape index (κ2) is 15.9. The van der Waals surface area contributed by atoms with E-state index in [1.807, 2.05) is 11.3 Å². The zero-order valence-corrected chi connectivity index (χ0v) is 39.7. The molecule has 3 aliphatic rings. The Bertz CT molecular complexity index is 3230. The monoisotopic (exact) mass is 874 g/mol. The van der Waals surface area contributed by atoms with Gasteiger partial charge < -0.3 is 9.80 Å². The number of aryl methyl sites for hydroxylation is 1. The van der Waals surface area contributed by atoms with Gasteiger partial charge in [0.25, 0.3) is 0 Å². The lowest BCUT2D eigenvalue weighted by atomic mass is 9.57. The van der Waals surface area contributed by atoms with Crippen LogP contribution in [0.15, 0.2) is 182 Å². The minimum Gasteiger partial charge on any atom is -0.311 e. The fourth-order valence-electron chi connectivity index (χ4n) is 12.7. The molecule has 3 aliphatic carbocycles. The smallest absolute Gasteiger partial charge is 0.0468 e. The minimum absolute atomic E-state index is 0.0474. The molecule has 66 heavy (non-hydrogen) atoms. The quantitative estimate of drug-likeness (QED) is 0.150. The molecule has 9 aromatic rings. The van der Waals surface area contributed by atoms with Crippen LogP contribution in [-0.2, 0) is 10.8 Å². The van der Waals surface area contributed by atoms with Crippen LogP contribution in [-0.4, -0.2) is 0 Å². The van der Waals surface area contributed by atoms with Gasteiger partial charge in [0, 0.05) is 59.7 Å². The first-order valence-corrected chi connectivity index (χ1v) is 25.0. The van der Waals surface area contributed by atoms with Crippen LogP contribution in [0.5, 0.6) is 0 Å². The molecule has 1 aromatic heterocycles. The minimum atomic E-state index is -0.0474. The van der Waals surface area contributed by atoms with Crippen molar-refractivity contribution in [3.05, 3.63) is 204 Å². The van der Waals surface area contributed by atoms with Crippen molar-refractivity contribution >= 4 is 65.6 Å². The van der Waals surface area contributed by atoms with Crippen molar-refractivity contribution < 1.29 is 0 Å². The molecule has 326 valence electrons. The second-order valence-electron chi connectivity index (χ2n) is 20.8. The molecular formula is C63H58N2S. The molecule has 2 atom stereocenters. The van der Waals surface area contributed by atoms with E-state index in [0.29, 0.717) is 0 Å². The Kier molecular flexibility index (Phi) is 9.88. The van der Waals surface area contributed by atoms with Crippen molar-refractivity contribution in [2.75, 3.05) is 9.80 Å². The van der Waals surface area contributed by atoms with E-state index in [-0.39, 0.29) is 10.8 Å². The van der Waals surface area contributed by atoms with Crippen molar-refractivity contribution in [1.82, 2.24) is 0 Å². The van der Waals surface area contributed by atoms with Crippen molar-refractivity contribution in [2.45, 2.75) is 77.6 Å². The van der Waals surface area contributed by atoms with Crippen molar-refractivity contribution in [1.29, 1.82) is 0 Å². The van der Waals surface area contributed by atoms with E-state index in [0.717, 1.165) is 40.5 Å². The van der Waals surface area contributed by atoms with Gasteiger partial charge in [-0.1, -0.05) is 130 Å². The summed E-state index contributed by atoms with van der Waals surface area (Å²) in [5, 5.41) is 2.61. The van der Waals surface area contributed by atoms with E-state index in [2.05, 4.69) is 226 Å². The summed E-state index contributed by atoms with van der Waals surface area (Å²) in [5.74, 6) is 2.62. The van der Waals surface area contributed by atoms with Gasteiger partial charge in [0.1, 0.15) is 0 Å². The molecule has 0 amide bonds. The first kappa shape index (κ1) is 41.0. The lowest BCUT2D eigenvalue weighted by molar-refractivity contribution is 0.0899. The van der Waals surface area contributed by atoms with Gasteiger partial charge in [-0.15, -0.1) is 11.3 Å². The summed E-state index contributed by atoms with van der Waals surface area (Å²) in [6.07, 6.45) is 6.88. The predicted octanol–water partition coefficient (Wildman–Crippen LogP) is 18.4. The zero-order chi connectivity index (χ0) is 44.7. The van der Waals surface area contributed by atoms with Crippen LogP contribution in [0.3, 0.4) is 0 Å². The molecule has 0 aliphatic heterocycles. The molecule has 2 nitrogen and oxygen atoms in total. The van der Waals surface area contributed by atoms with E-state index in [1.165, 1.54) is 108 Å². The average Bonchev–Trinajstić information content (AvgIpc) is 3.81. The summed E-state index contributed by atoms with van der Waals surface area (Å²) < 4.78 is 2.63. The normalized spacial score (nSPS) is 20.5. The summed E-state index contributed by atoms with van der Waals surface area (Å²) in [5.41, 5.74) is 17.8. The third-order valence-corrected chi connectivity index (χ3v) is 16.9. The lowest BCUT2D eigenvalue weighted by Crippen LogP contribution is -2.38. The SMILES string of the molecule is Cc1ccc(N(c2ccc(-c3ccc(N(c4ccc5c(c4)-c4ccccc4C5(C)C)c4ccc5sc6ccccc6c5c4)cc3)cc2)c2ccc(C3(C)CC4CC(C)CC(C4)C3)cc2)cc1. The summed E-state index contributed by atoms with van der Waals surface area (Å²) >= 11 is 1.87. The molecule has 0 spiro atoms. The fraction of sp³-hybridized carbons (Fsp3) is 0.238. The number of nitrogens with zero attached hydrogens (tertiary/aromatic N) is 2. The molecule has 8 aromatic carbocycles. The van der Waals surface area contributed by atoms with Crippen LogP contribution in [0, 0.1) is 24.7 Å². The highest BCUT2D eigenvalue weighted by Gasteiger charge is 2.42. The molecule has 0 radical (unpaired) electrons. The topological polar surface area (TPSA) is 6.48 Å². The summed E-state index contributed by atoms with van der Waals surface area (Å²) in [7, 11) is 0. The molecular weight excluding hydrogens is 817 g/mol.